The van der Waals surface area contributed by atoms with Crippen LogP contribution in [0.5, 0.6) is 11.5 Å². The number of ether oxygens (including phenoxy) is 1. The van der Waals surface area contributed by atoms with Crippen LogP contribution in [0, 0.1) is 17.0 Å². The molecule has 0 fully saturated rings. The molecule has 0 unspecified atom stereocenters. The van der Waals surface area contributed by atoms with Crippen molar-refractivity contribution in [2.45, 2.75) is 13.8 Å². The average molecular weight is 417 g/mol. The molecule has 31 heavy (non-hydrogen) atoms. The minimum Gasteiger partial charge on any atom is -0.454 e. The number of carbonyl (C=O) groups excluding carboxylic acids is 2. The quantitative estimate of drug-likeness (QED) is 0.479. The van der Waals surface area contributed by atoms with Gasteiger partial charge in [-0.2, -0.15) is 0 Å². The summed E-state index contributed by atoms with van der Waals surface area (Å²) in [5, 5.41) is 13.9. The van der Waals surface area contributed by atoms with Gasteiger partial charge in [0.25, 0.3) is 17.5 Å². The van der Waals surface area contributed by atoms with Gasteiger partial charge in [0.2, 0.25) is 0 Å². The summed E-state index contributed by atoms with van der Waals surface area (Å²) in [7, 11) is 0. The highest BCUT2D eigenvalue weighted by Crippen LogP contribution is 2.39. The summed E-state index contributed by atoms with van der Waals surface area (Å²) in [5.41, 5.74) is 1.69. The van der Waals surface area contributed by atoms with Crippen molar-refractivity contribution in [1.82, 2.24) is 0 Å². The van der Waals surface area contributed by atoms with E-state index in [4.69, 9.17) is 4.74 Å². The van der Waals surface area contributed by atoms with Gasteiger partial charge in [-0.3, -0.25) is 19.7 Å². The Bertz CT molecular complexity index is 1220. The Kier molecular flexibility index (Phi) is 5.12. The number of hydrogen-bond donors (Lipinski definition) is 1. The molecule has 1 aliphatic rings. The number of rotatable bonds is 4. The Hall–Kier alpha value is -4.20. The average Bonchev–Trinajstić information content (AvgIpc) is 2.87. The number of anilines is 2. The molecule has 1 aliphatic heterocycles. The van der Waals surface area contributed by atoms with Gasteiger partial charge in [-0.1, -0.05) is 18.2 Å². The van der Waals surface area contributed by atoms with Gasteiger partial charge >= 0.3 is 0 Å². The standard InChI is InChI=1S/C23H19N3O5/c1-3-25-19-8-4-5-10-21(19)31-20-12-11-15(13-17(20)23(25)28)24-22(27)16-7-6-9-18(14(16)2)26(29)30/h4-13H,3H2,1-2H3,(H,24,27). The number of nitro groups is 1. The highest BCUT2D eigenvalue weighted by atomic mass is 16.6. The zero-order chi connectivity index (χ0) is 22.1. The first kappa shape index (κ1) is 20.1. The molecular weight excluding hydrogens is 398 g/mol. The largest absolute Gasteiger partial charge is 0.454 e. The van der Waals surface area contributed by atoms with E-state index in [1.165, 1.54) is 25.1 Å². The van der Waals surface area contributed by atoms with Gasteiger partial charge in [0, 0.05) is 29.4 Å². The van der Waals surface area contributed by atoms with Crippen molar-refractivity contribution in [3.8, 4) is 11.5 Å². The van der Waals surface area contributed by atoms with Crippen LogP contribution in [0.25, 0.3) is 0 Å². The molecule has 0 saturated carbocycles. The molecule has 0 bridgehead atoms. The monoisotopic (exact) mass is 417 g/mol. The fourth-order valence-corrected chi connectivity index (χ4v) is 3.58. The van der Waals surface area contributed by atoms with Crippen molar-refractivity contribution < 1.29 is 19.2 Å². The lowest BCUT2D eigenvalue weighted by molar-refractivity contribution is -0.385. The molecule has 0 atom stereocenters. The van der Waals surface area contributed by atoms with Gasteiger partial charge in [0.05, 0.1) is 16.2 Å². The maximum absolute atomic E-state index is 13.2. The second-order valence-electron chi connectivity index (χ2n) is 6.99. The van der Waals surface area contributed by atoms with Crippen LogP contribution < -0.4 is 15.0 Å². The van der Waals surface area contributed by atoms with E-state index in [0.717, 1.165) is 0 Å². The molecule has 2 amide bonds. The van der Waals surface area contributed by atoms with Crippen LogP contribution in [0.4, 0.5) is 17.1 Å². The SMILES string of the molecule is CCN1C(=O)c2cc(NC(=O)c3cccc([N+](=O)[O-])c3C)ccc2Oc2ccccc21. The number of hydrogen-bond acceptors (Lipinski definition) is 5. The molecule has 1 N–H and O–H groups in total. The molecule has 156 valence electrons. The summed E-state index contributed by atoms with van der Waals surface area (Å²) in [6, 6.07) is 16.4. The molecule has 1 heterocycles. The number of fused-ring (bicyclic) bond motifs is 2. The van der Waals surface area contributed by atoms with Crippen molar-refractivity contribution in [3.05, 3.63) is 87.5 Å². The van der Waals surface area contributed by atoms with Gasteiger partial charge in [-0.05, 0) is 50.2 Å². The van der Waals surface area contributed by atoms with Crippen molar-refractivity contribution >= 4 is 28.9 Å². The van der Waals surface area contributed by atoms with Crippen LogP contribution in [-0.4, -0.2) is 23.3 Å². The van der Waals surface area contributed by atoms with Crippen LogP contribution >= 0.6 is 0 Å². The lowest BCUT2D eigenvalue weighted by Crippen LogP contribution is -2.29. The predicted molar refractivity (Wildman–Crippen MR) is 116 cm³/mol. The Balaban J connectivity index is 1.68. The molecule has 3 aromatic carbocycles. The summed E-state index contributed by atoms with van der Waals surface area (Å²) in [5.74, 6) is 0.210. The molecule has 3 aromatic rings. The summed E-state index contributed by atoms with van der Waals surface area (Å²) in [4.78, 5) is 38.2. The molecule has 0 radical (unpaired) electrons. The van der Waals surface area contributed by atoms with Gasteiger partial charge < -0.3 is 15.0 Å². The molecule has 8 heteroatoms. The van der Waals surface area contributed by atoms with E-state index in [1.807, 2.05) is 25.1 Å². The van der Waals surface area contributed by atoms with E-state index >= 15 is 0 Å². The second kappa shape index (κ2) is 7.91. The van der Waals surface area contributed by atoms with Crippen LogP contribution in [0.2, 0.25) is 0 Å². The van der Waals surface area contributed by atoms with Crippen LogP contribution in [0.15, 0.2) is 60.7 Å². The van der Waals surface area contributed by atoms with Gasteiger partial charge in [0.1, 0.15) is 5.75 Å². The zero-order valence-corrected chi connectivity index (χ0v) is 16.9. The summed E-state index contributed by atoms with van der Waals surface area (Å²) < 4.78 is 5.96. The van der Waals surface area contributed by atoms with E-state index in [-0.39, 0.29) is 22.7 Å². The normalized spacial score (nSPS) is 12.3. The third kappa shape index (κ3) is 3.59. The number of nitrogens with zero attached hydrogens (tertiary/aromatic N) is 2. The fraction of sp³-hybridized carbons (Fsp3) is 0.130. The molecule has 0 aliphatic carbocycles. The summed E-state index contributed by atoms with van der Waals surface area (Å²) in [6.45, 7) is 3.84. The molecular formula is C23H19N3O5. The van der Waals surface area contributed by atoms with E-state index < -0.39 is 10.8 Å². The Morgan fingerprint density at radius 2 is 1.87 bits per heavy atom. The third-order valence-electron chi connectivity index (χ3n) is 5.15. The Morgan fingerprint density at radius 3 is 2.61 bits per heavy atom. The number of carbonyl (C=O) groups is 2. The number of amides is 2. The topological polar surface area (TPSA) is 102 Å². The van der Waals surface area contributed by atoms with Crippen LogP contribution in [0.1, 0.15) is 33.2 Å². The van der Waals surface area contributed by atoms with E-state index in [2.05, 4.69) is 5.32 Å². The first-order valence-electron chi connectivity index (χ1n) is 9.69. The van der Waals surface area contributed by atoms with Gasteiger partial charge in [-0.25, -0.2) is 0 Å². The van der Waals surface area contributed by atoms with Crippen molar-refractivity contribution in [2.75, 3.05) is 16.8 Å². The maximum atomic E-state index is 13.2. The Labute approximate surface area is 178 Å². The fourth-order valence-electron chi connectivity index (χ4n) is 3.58. The highest BCUT2D eigenvalue weighted by molar-refractivity contribution is 6.11. The Morgan fingerprint density at radius 1 is 1.10 bits per heavy atom. The smallest absolute Gasteiger partial charge is 0.273 e. The van der Waals surface area contributed by atoms with Crippen LogP contribution in [0.3, 0.4) is 0 Å². The molecule has 0 spiro atoms. The number of nitro benzene ring substituents is 1. The van der Waals surface area contributed by atoms with E-state index in [0.29, 0.717) is 35.0 Å². The number of para-hydroxylation sites is 2. The number of nitrogens with one attached hydrogen (secondary N) is 1. The van der Waals surface area contributed by atoms with E-state index in [9.17, 15) is 19.7 Å². The summed E-state index contributed by atoms with van der Waals surface area (Å²) in [6.07, 6.45) is 0. The van der Waals surface area contributed by atoms with Gasteiger partial charge in [0.15, 0.2) is 5.75 Å². The minimum atomic E-state index is -0.526. The molecule has 8 nitrogen and oxygen atoms in total. The third-order valence-corrected chi connectivity index (χ3v) is 5.15. The maximum Gasteiger partial charge on any atom is 0.273 e. The molecule has 0 saturated heterocycles. The lowest BCUT2D eigenvalue weighted by atomic mass is 10.1. The zero-order valence-electron chi connectivity index (χ0n) is 16.9. The van der Waals surface area contributed by atoms with Crippen LogP contribution in [-0.2, 0) is 0 Å². The molecule has 4 rings (SSSR count). The van der Waals surface area contributed by atoms with Crippen molar-refractivity contribution in [2.24, 2.45) is 0 Å². The van der Waals surface area contributed by atoms with Gasteiger partial charge in [-0.15, -0.1) is 0 Å². The number of benzene rings is 3. The molecule has 0 aromatic heterocycles. The second-order valence-corrected chi connectivity index (χ2v) is 6.99. The van der Waals surface area contributed by atoms with E-state index in [1.54, 1.807) is 29.2 Å². The highest BCUT2D eigenvalue weighted by Gasteiger charge is 2.27. The minimum absolute atomic E-state index is 0.130. The first-order valence-corrected chi connectivity index (χ1v) is 9.69. The van der Waals surface area contributed by atoms with Crippen molar-refractivity contribution in [3.63, 3.8) is 0 Å². The first-order chi connectivity index (χ1) is 14.9. The lowest BCUT2D eigenvalue weighted by Gasteiger charge is -2.19. The predicted octanol–water partition coefficient (Wildman–Crippen LogP) is 4.93. The summed E-state index contributed by atoms with van der Waals surface area (Å²) >= 11 is 0. The van der Waals surface area contributed by atoms with Crippen molar-refractivity contribution in [1.29, 1.82) is 0 Å².